The van der Waals surface area contributed by atoms with E-state index in [0.717, 1.165) is 31.2 Å². The largest absolute Gasteiger partial charge is 0.505 e. The van der Waals surface area contributed by atoms with Crippen molar-refractivity contribution in [1.82, 2.24) is 4.98 Å². The maximum atomic E-state index is 13.6. The lowest BCUT2D eigenvalue weighted by molar-refractivity contribution is -0.137. The van der Waals surface area contributed by atoms with Crippen LogP contribution in [0.2, 0.25) is 0 Å². The molecule has 0 bridgehead atoms. The summed E-state index contributed by atoms with van der Waals surface area (Å²) in [6.45, 7) is 2.47. The van der Waals surface area contributed by atoms with Crippen LogP contribution in [0.5, 0.6) is 5.75 Å². The van der Waals surface area contributed by atoms with Gasteiger partial charge in [0, 0.05) is 23.9 Å². The fraction of sp³-hybridized carbons (Fsp3) is 0.150. The highest BCUT2D eigenvalue weighted by atomic mass is 19.4. The van der Waals surface area contributed by atoms with Crippen molar-refractivity contribution >= 4 is 22.8 Å². The van der Waals surface area contributed by atoms with E-state index in [1.165, 1.54) is 19.1 Å². The number of aromatic nitrogens is 1. The van der Waals surface area contributed by atoms with Crippen molar-refractivity contribution in [2.75, 3.05) is 0 Å². The number of carboxylic acid groups (broad SMARTS) is 2. The molecule has 0 saturated carbocycles. The Kier molecular flexibility index (Phi) is 6.29. The fourth-order valence-electron chi connectivity index (χ4n) is 2.77. The van der Waals surface area contributed by atoms with E-state index < -0.39 is 35.2 Å². The molecule has 0 saturated heterocycles. The van der Waals surface area contributed by atoms with Crippen molar-refractivity contribution in [1.29, 1.82) is 0 Å². The molecule has 10 heteroatoms. The Hall–Kier alpha value is -3.69. The molecule has 3 rings (SSSR count). The molecule has 0 unspecified atom stereocenters. The van der Waals surface area contributed by atoms with Crippen LogP contribution in [-0.2, 0) is 11.0 Å². The number of halogens is 4. The van der Waals surface area contributed by atoms with E-state index in [4.69, 9.17) is 9.90 Å². The van der Waals surface area contributed by atoms with E-state index in [1.54, 1.807) is 0 Å². The zero-order chi connectivity index (χ0) is 22.8. The number of alkyl halides is 3. The van der Waals surface area contributed by atoms with Gasteiger partial charge >= 0.3 is 12.1 Å². The predicted molar refractivity (Wildman–Crippen MR) is 98.8 cm³/mol. The number of benzene rings is 2. The van der Waals surface area contributed by atoms with Gasteiger partial charge in [0.25, 0.3) is 5.97 Å². The predicted octanol–water partition coefficient (Wildman–Crippen LogP) is 4.86. The summed E-state index contributed by atoms with van der Waals surface area (Å²) < 4.78 is 52.5. The van der Waals surface area contributed by atoms with E-state index >= 15 is 0 Å². The van der Waals surface area contributed by atoms with Gasteiger partial charge in [-0.1, -0.05) is 12.1 Å². The zero-order valence-electron chi connectivity index (χ0n) is 15.6. The van der Waals surface area contributed by atoms with Gasteiger partial charge < -0.3 is 15.3 Å². The minimum absolute atomic E-state index is 0.00649. The molecule has 0 spiro atoms. The molecule has 1 aromatic heterocycles. The first kappa shape index (κ1) is 22.6. The van der Waals surface area contributed by atoms with Gasteiger partial charge in [0.2, 0.25) is 0 Å². The standard InChI is InChI=1S/C18H11F4NO3.C2H4O2/c1-8-15(17(25)26)11-6-12(19)14(24)7-13(11)23-16(8)9-3-2-4-10(5-9)18(20,21)22;1-2(3)4/h2-7,24H,1H3,(H,25,26);1H3,(H,3,4). The Balaban J connectivity index is 0.000000735. The molecule has 1 heterocycles. The van der Waals surface area contributed by atoms with Crippen LogP contribution < -0.4 is 0 Å². The van der Waals surface area contributed by atoms with Gasteiger partial charge in [0.1, 0.15) is 0 Å². The number of rotatable bonds is 2. The Morgan fingerprint density at radius 3 is 2.20 bits per heavy atom. The molecule has 3 aromatic rings. The minimum Gasteiger partial charge on any atom is -0.505 e. The number of phenols is 1. The van der Waals surface area contributed by atoms with Gasteiger partial charge in [-0.25, -0.2) is 14.2 Å². The number of carbonyl (C=O) groups is 2. The molecular formula is C20H15F4NO5. The van der Waals surface area contributed by atoms with Crippen molar-refractivity contribution in [3.8, 4) is 17.0 Å². The first-order chi connectivity index (χ1) is 13.8. The lowest BCUT2D eigenvalue weighted by Crippen LogP contribution is -2.07. The van der Waals surface area contributed by atoms with E-state index in [0.29, 0.717) is 0 Å². The molecule has 0 aliphatic heterocycles. The summed E-state index contributed by atoms with van der Waals surface area (Å²) in [6, 6.07) is 6.07. The molecule has 0 aliphatic rings. The molecular weight excluding hydrogens is 410 g/mol. The Bertz CT molecular complexity index is 1140. The number of aromatic carboxylic acids is 1. The van der Waals surface area contributed by atoms with Crippen LogP contribution in [0.3, 0.4) is 0 Å². The van der Waals surface area contributed by atoms with Crippen molar-refractivity contribution in [2.45, 2.75) is 20.0 Å². The Morgan fingerprint density at radius 1 is 1.07 bits per heavy atom. The SMILES string of the molecule is CC(=O)O.Cc1c(-c2cccc(C(F)(F)F)c2)nc2cc(O)c(F)cc2c1C(=O)O. The average Bonchev–Trinajstić information content (AvgIpc) is 2.61. The first-order valence-electron chi connectivity index (χ1n) is 8.26. The lowest BCUT2D eigenvalue weighted by atomic mass is 9.96. The summed E-state index contributed by atoms with van der Waals surface area (Å²) in [5.41, 5.74) is -1.08. The van der Waals surface area contributed by atoms with Gasteiger partial charge in [-0.05, 0) is 30.7 Å². The minimum atomic E-state index is -4.57. The highest BCUT2D eigenvalue weighted by Crippen LogP contribution is 2.35. The quantitative estimate of drug-likeness (QED) is 0.506. The lowest BCUT2D eigenvalue weighted by Gasteiger charge is -2.14. The number of pyridine rings is 1. The van der Waals surface area contributed by atoms with Crippen LogP contribution in [0, 0.1) is 12.7 Å². The van der Waals surface area contributed by atoms with E-state index in [-0.39, 0.29) is 33.3 Å². The number of carboxylic acids is 2. The summed E-state index contributed by atoms with van der Waals surface area (Å²) in [6.07, 6.45) is -4.57. The van der Waals surface area contributed by atoms with Gasteiger partial charge in [0.15, 0.2) is 11.6 Å². The molecule has 6 nitrogen and oxygen atoms in total. The summed E-state index contributed by atoms with van der Waals surface area (Å²) in [7, 11) is 0. The monoisotopic (exact) mass is 425 g/mol. The van der Waals surface area contributed by atoms with Crippen LogP contribution in [0.15, 0.2) is 36.4 Å². The van der Waals surface area contributed by atoms with Gasteiger partial charge in [-0.15, -0.1) is 0 Å². The third kappa shape index (κ3) is 4.83. The van der Waals surface area contributed by atoms with Crippen LogP contribution in [0.25, 0.3) is 22.2 Å². The van der Waals surface area contributed by atoms with Crippen molar-refractivity contribution < 1.29 is 42.5 Å². The molecule has 2 aromatic carbocycles. The number of aromatic hydroxyl groups is 1. The second-order valence-electron chi connectivity index (χ2n) is 6.18. The third-order valence-electron chi connectivity index (χ3n) is 3.97. The van der Waals surface area contributed by atoms with Crippen LogP contribution in [0.4, 0.5) is 17.6 Å². The van der Waals surface area contributed by atoms with Crippen LogP contribution >= 0.6 is 0 Å². The van der Waals surface area contributed by atoms with E-state index in [9.17, 15) is 32.6 Å². The van der Waals surface area contributed by atoms with E-state index in [2.05, 4.69) is 4.98 Å². The Morgan fingerprint density at radius 2 is 1.67 bits per heavy atom. The molecule has 0 fully saturated rings. The second-order valence-corrected chi connectivity index (χ2v) is 6.18. The van der Waals surface area contributed by atoms with Crippen LogP contribution in [-0.4, -0.2) is 32.2 Å². The van der Waals surface area contributed by atoms with E-state index in [1.807, 2.05) is 0 Å². The maximum absolute atomic E-state index is 13.6. The number of aliphatic carboxylic acids is 1. The molecule has 0 aliphatic carbocycles. The van der Waals surface area contributed by atoms with Crippen molar-refractivity contribution in [3.05, 3.63) is 58.9 Å². The number of hydrogen-bond donors (Lipinski definition) is 3. The summed E-state index contributed by atoms with van der Waals surface area (Å²) in [5, 5.41) is 26.4. The van der Waals surface area contributed by atoms with Gasteiger partial charge in [-0.3, -0.25) is 4.79 Å². The number of phenolic OH excluding ortho intramolecular Hbond substituents is 1. The fourth-order valence-corrected chi connectivity index (χ4v) is 2.77. The van der Waals surface area contributed by atoms with Crippen molar-refractivity contribution in [2.24, 2.45) is 0 Å². The summed E-state index contributed by atoms with van der Waals surface area (Å²) in [5.74, 6) is -3.97. The normalized spacial score (nSPS) is 11.0. The number of nitrogens with zero attached hydrogens (tertiary/aromatic N) is 1. The molecule has 3 N–H and O–H groups in total. The maximum Gasteiger partial charge on any atom is 0.416 e. The summed E-state index contributed by atoms with van der Waals surface area (Å²) in [4.78, 5) is 24.8. The van der Waals surface area contributed by atoms with Gasteiger partial charge in [-0.2, -0.15) is 13.2 Å². The highest BCUT2D eigenvalue weighted by Gasteiger charge is 2.31. The topological polar surface area (TPSA) is 108 Å². The summed E-state index contributed by atoms with van der Waals surface area (Å²) >= 11 is 0. The second kappa shape index (κ2) is 8.36. The molecule has 158 valence electrons. The third-order valence-corrected chi connectivity index (χ3v) is 3.97. The molecule has 0 radical (unpaired) electrons. The van der Waals surface area contributed by atoms with Gasteiger partial charge in [0.05, 0.1) is 22.3 Å². The number of hydrogen-bond acceptors (Lipinski definition) is 4. The molecule has 30 heavy (non-hydrogen) atoms. The molecule has 0 atom stereocenters. The smallest absolute Gasteiger partial charge is 0.416 e. The molecule has 0 amide bonds. The van der Waals surface area contributed by atoms with Crippen LogP contribution in [0.1, 0.15) is 28.4 Å². The average molecular weight is 425 g/mol. The van der Waals surface area contributed by atoms with Crippen molar-refractivity contribution in [3.63, 3.8) is 0 Å². The first-order valence-corrected chi connectivity index (χ1v) is 8.26. The zero-order valence-corrected chi connectivity index (χ0v) is 15.6. The number of fused-ring (bicyclic) bond motifs is 1. The highest BCUT2D eigenvalue weighted by molar-refractivity contribution is 6.06. The Labute approximate surface area is 167 Å².